The predicted molar refractivity (Wildman–Crippen MR) is 61.3 cm³/mol. The van der Waals surface area contributed by atoms with E-state index in [4.69, 9.17) is 11.6 Å². The van der Waals surface area contributed by atoms with E-state index in [0.717, 1.165) is 19.4 Å². The summed E-state index contributed by atoms with van der Waals surface area (Å²) in [5, 5.41) is 3.49. The fourth-order valence-corrected chi connectivity index (χ4v) is 2.19. The van der Waals surface area contributed by atoms with E-state index in [2.05, 4.69) is 5.32 Å². The minimum absolute atomic E-state index is 0.0586. The summed E-state index contributed by atoms with van der Waals surface area (Å²) in [5.41, 5.74) is 0.301. The molecule has 2 nitrogen and oxygen atoms in total. The molecule has 0 amide bonds. The number of hydrogen-bond donors (Lipinski definition) is 1. The first-order valence-electron chi connectivity index (χ1n) is 5.38. The number of carbonyl (C=O) groups is 1. The average molecular weight is 242 g/mol. The molecule has 1 saturated heterocycles. The summed E-state index contributed by atoms with van der Waals surface area (Å²) in [6.45, 7) is 1.60. The first-order valence-corrected chi connectivity index (χ1v) is 5.76. The molecule has 1 aromatic rings. The predicted octanol–water partition coefficient (Wildman–Crippen LogP) is 2.66. The van der Waals surface area contributed by atoms with Crippen molar-refractivity contribution in [3.8, 4) is 0 Å². The van der Waals surface area contributed by atoms with Gasteiger partial charge in [0.1, 0.15) is 5.82 Å². The van der Waals surface area contributed by atoms with E-state index in [0.29, 0.717) is 17.1 Å². The lowest BCUT2D eigenvalue weighted by Gasteiger charge is -2.21. The van der Waals surface area contributed by atoms with E-state index in [1.807, 2.05) is 0 Å². The molecule has 1 unspecified atom stereocenters. The molecule has 1 aromatic carbocycles. The van der Waals surface area contributed by atoms with Crippen molar-refractivity contribution in [1.82, 2.24) is 5.32 Å². The van der Waals surface area contributed by atoms with Crippen LogP contribution in [0.15, 0.2) is 18.2 Å². The van der Waals surface area contributed by atoms with Crippen LogP contribution in [0.5, 0.6) is 0 Å². The Balaban J connectivity index is 2.22. The third-order valence-electron chi connectivity index (χ3n) is 2.86. The SMILES string of the molecule is O=C(c1cc(F)ccc1Cl)C1CCCNC1. The molecular formula is C12H13ClFNO. The Hall–Kier alpha value is -0.930. The molecule has 1 atom stereocenters. The Morgan fingerprint density at radius 1 is 1.50 bits per heavy atom. The van der Waals surface area contributed by atoms with Crippen molar-refractivity contribution in [2.75, 3.05) is 13.1 Å². The third-order valence-corrected chi connectivity index (χ3v) is 3.19. The smallest absolute Gasteiger partial charge is 0.168 e. The van der Waals surface area contributed by atoms with Crippen molar-refractivity contribution < 1.29 is 9.18 Å². The molecule has 1 aliphatic heterocycles. The molecule has 0 radical (unpaired) electrons. The highest BCUT2D eigenvalue weighted by Crippen LogP contribution is 2.23. The molecule has 0 aromatic heterocycles. The molecule has 0 spiro atoms. The van der Waals surface area contributed by atoms with Crippen LogP contribution < -0.4 is 5.32 Å². The monoisotopic (exact) mass is 241 g/mol. The van der Waals surface area contributed by atoms with E-state index >= 15 is 0 Å². The van der Waals surface area contributed by atoms with Crippen LogP contribution in [0.3, 0.4) is 0 Å². The number of nitrogens with one attached hydrogen (secondary N) is 1. The van der Waals surface area contributed by atoms with Gasteiger partial charge < -0.3 is 5.32 Å². The van der Waals surface area contributed by atoms with Gasteiger partial charge in [-0.3, -0.25) is 4.79 Å². The maximum absolute atomic E-state index is 13.0. The van der Waals surface area contributed by atoms with Gasteiger partial charge >= 0.3 is 0 Å². The zero-order chi connectivity index (χ0) is 11.5. The number of piperidine rings is 1. The number of hydrogen-bond acceptors (Lipinski definition) is 2. The molecule has 2 rings (SSSR count). The van der Waals surface area contributed by atoms with E-state index in [1.54, 1.807) is 0 Å². The van der Waals surface area contributed by atoms with Gasteiger partial charge in [0.05, 0.1) is 5.02 Å². The van der Waals surface area contributed by atoms with Crippen molar-refractivity contribution in [1.29, 1.82) is 0 Å². The Kier molecular flexibility index (Phi) is 3.56. The maximum atomic E-state index is 13.0. The maximum Gasteiger partial charge on any atom is 0.168 e. The fourth-order valence-electron chi connectivity index (χ4n) is 1.98. The van der Waals surface area contributed by atoms with Crippen LogP contribution in [0, 0.1) is 11.7 Å². The second kappa shape index (κ2) is 4.93. The van der Waals surface area contributed by atoms with Gasteiger partial charge in [-0.2, -0.15) is 0 Å². The zero-order valence-corrected chi connectivity index (χ0v) is 9.56. The van der Waals surface area contributed by atoms with Gasteiger partial charge in [-0.1, -0.05) is 11.6 Å². The summed E-state index contributed by atoms with van der Waals surface area (Å²) in [5.74, 6) is -0.554. The average Bonchev–Trinajstić information content (AvgIpc) is 2.32. The Bertz CT molecular complexity index is 402. The van der Waals surface area contributed by atoms with Crippen LogP contribution in [0.25, 0.3) is 0 Å². The summed E-state index contributed by atoms with van der Waals surface area (Å²) < 4.78 is 13.0. The first kappa shape index (κ1) is 11.6. The Labute approximate surface area is 98.8 Å². The fraction of sp³-hybridized carbons (Fsp3) is 0.417. The van der Waals surface area contributed by atoms with Gasteiger partial charge in [0.25, 0.3) is 0 Å². The number of rotatable bonds is 2. The summed E-state index contributed by atoms with van der Waals surface area (Å²) in [7, 11) is 0. The van der Waals surface area contributed by atoms with E-state index < -0.39 is 5.82 Å². The summed E-state index contributed by atoms with van der Waals surface area (Å²) in [6, 6.07) is 3.91. The van der Waals surface area contributed by atoms with Crippen LogP contribution in [-0.2, 0) is 0 Å². The van der Waals surface area contributed by atoms with Crippen LogP contribution in [0.1, 0.15) is 23.2 Å². The van der Waals surface area contributed by atoms with Gasteiger partial charge in [0.15, 0.2) is 5.78 Å². The number of halogens is 2. The number of Topliss-reactive ketones (excluding diaryl/α,β-unsaturated/α-hetero) is 1. The molecule has 1 aliphatic rings. The van der Waals surface area contributed by atoms with Gasteiger partial charge in [-0.05, 0) is 37.6 Å². The minimum atomic E-state index is -0.420. The molecule has 16 heavy (non-hydrogen) atoms. The van der Waals surface area contributed by atoms with Crippen molar-refractivity contribution >= 4 is 17.4 Å². The van der Waals surface area contributed by atoms with Crippen LogP contribution >= 0.6 is 11.6 Å². The second-order valence-corrected chi connectivity index (χ2v) is 4.44. The van der Waals surface area contributed by atoms with Crippen LogP contribution in [-0.4, -0.2) is 18.9 Å². The van der Waals surface area contributed by atoms with E-state index in [9.17, 15) is 9.18 Å². The lowest BCUT2D eigenvalue weighted by molar-refractivity contribution is 0.0899. The molecular weight excluding hydrogens is 229 g/mol. The van der Waals surface area contributed by atoms with Gasteiger partial charge in [0, 0.05) is 18.0 Å². The van der Waals surface area contributed by atoms with Crippen molar-refractivity contribution in [2.45, 2.75) is 12.8 Å². The Morgan fingerprint density at radius 2 is 2.31 bits per heavy atom. The molecule has 1 heterocycles. The summed E-state index contributed by atoms with van der Waals surface area (Å²) in [6.07, 6.45) is 1.82. The van der Waals surface area contributed by atoms with Gasteiger partial charge in [0.2, 0.25) is 0 Å². The van der Waals surface area contributed by atoms with Gasteiger partial charge in [-0.15, -0.1) is 0 Å². The molecule has 1 fully saturated rings. The highest BCUT2D eigenvalue weighted by molar-refractivity contribution is 6.34. The molecule has 86 valence electrons. The standard InChI is InChI=1S/C12H13ClFNO/c13-11-4-3-9(14)6-10(11)12(16)8-2-1-5-15-7-8/h3-4,6,8,15H,1-2,5,7H2. The van der Waals surface area contributed by atoms with Crippen molar-refractivity contribution in [2.24, 2.45) is 5.92 Å². The second-order valence-electron chi connectivity index (χ2n) is 4.03. The van der Waals surface area contributed by atoms with Gasteiger partial charge in [-0.25, -0.2) is 4.39 Å². The third kappa shape index (κ3) is 2.42. The number of benzene rings is 1. The Morgan fingerprint density at radius 3 is 3.00 bits per heavy atom. The minimum Gasteiger partial charge on any atom is -0.316 e. The number of carbonyl (C=O) groups excluding carboxylic acids is 1. The highest BCUT2D eigenvalue weighted by atomic mass is 35.5. The largest absolute Gasteiger partial charge is 0.316 e. The van der Waals surface area contributed by atoms with E-state index in [1.165, 1.54) is 18.2 Å². The molecule has 1 N–H and O–H groups in total. The molecule has 4 heteroatoms. The lowest BCUT2D eigenvalue weighted by Crippen LogP contribution is -2.34. The van der Waals surface area contributed by atoms with Crippen molar-refractivity contribution in [3.63, 3.8) is 0 Å². The number of ketones is 1. The first-order chi connectivity index (χ1) is 7.68. The van der Waals surface area contributed by atoms with Crippen molar-refractivity contribution in [3.05, 3.63) is 34.6 Å². The topological polar surface area (TPSA) is 29.1 Å². The highest BCUT2D eigenvalue weighted by Gasteiger charge is 2.24. The zero-order valence-electron chi connectivity index (χ0n) is 8.80. The van der Waals surface area contributed by atoms with Crippen LogP contribution in [0.2, 0.25) is 5.02 Å². The molecule has 0 aliphatic carbocycles. The molecule has 0 bridgehead atoms. The van der Waals surface area contributed by atoms with Crippen LogP contribution in [0.4, 0.5) is 4.39 Å². The van der Waals surface area contributed by atoms with E-state index in [-0.39, 0.29) is 11.7 Å². The summed E-state index contributed by atoms with van der Waals surface area (Å²) >= 11 is 5.90. The lowest BCUT2D eigenvalue weighted by atomic mass is 9.91. The summed E-state index contributed by atoms with van der Waals surface area (Å²) in [4.78, 5) is 12.1. The molecule has 0 saturated carbocycles. The normalized spacial score (nSPS) is 20.8. The quantitative estimate of drug-likeness (QED) is 0.807.